The summed E-state index contributed by atoms with van der Waals surface area (Å²) < 4.78 is 10.1. The standard InChI is InChI=1S/C20H34N2O2Si/c1-7-9-17(16-24-25(5,6)20(2,3)4)11-13-22-15-14-21-12-8-10-18(21)19(22)23/h8,10,12,14-15,17H,7,9,11,13,16H2,1-6H3. The van der Waals surface area contributed by atoms with Crippen LogP contribution in [0.25, 0.3) is 5.52 Å². The summed E-state index contributed by atoms with van der Waals surface area (Å²) in [5.74, 6) is 0.508. The molecule has 1 atom stereocenters. The Morgan fingerprint density at radius 1 is 1.16 bits per heavy atom. The molecule has 0 spiro atoms. The molecule has 2 heterocycles. The molecule has 0 bridgehead atoms. The second-order valence-electron chi connectivity index (χ2n) is 8.61. The van der Waals surface area contributed by atoms with Gasteiger partial charge in [-0.2, -0.15) is 0 Å². The van der Waals surface area contributed by atoms with E-state index >= 15 is 0 Å². The number of rotatable bonds is 8. The van der Waals surface area contributed by atoms with Gasteiger partial charge in [-0.1, -0.05) is 34.1 Å². The van der Waals surface area contributed by atoms with Crippen molar-refractivity contribution in [3.05, 3.63) is 41.1 Å². The summed E-state index contributed by atoms with van der Waals surface area (Å²) in [6.45, 7) is 15.2. The van der Waals surface area contributed by atoms with Crippen LogP contribution in [0.5, 0.6) is 0 Å². The zero-order chi connectivity index (χ0) is 18.7. The molecule has 0 aliphatic carbocycles. The van der Waals surface area contributed by atoms with Gasteiger partial charge in [0.15, 0.2) is 8.32 Å². The van der Waals surface area contributed by atoms with Crippen molar-refractivity contribution >= 4 is 13.8 Å². The Kier molecular flexibility index (Phi) is 6.33. The smallest absolute Gasteiger partial charge is 0.274 e. The average Bonchev–Trinajstić information content (AvgIpc) is 3.00. The lowest BCUT2D eigenvalue weighted by molar-refractivity contribution is 0.207. The van der Waals surface area contributed by atoms with Gasteiger partial charge in [0.05, 0.1) is 0 Å². The topological polar surface area (TPSA) is 35.6 Å². The molecule has 0 fully saturated rings. The Morgan fingerprint density at radius 2 is 1.88 bits per heavy atom. The molecule has 0 radical (unpaired) electrons. The molecule has 4 nitrogen and oxygen atoms in total. The van der Waals surface area contributed by atoms with Crippen LogP contribution in [0.15, 0.2) is 35.5 Å². The molecule has 2 aromatic heterocycles. The molecular formula is C20H34N2O2Si. The van der Waals surface area contributed by atoms with E-state index < -0.39 is 8.32 Å². The fourth-order valence-corrected chi connectivity index (χ4v) is 3.92. The van der Waals surface area contributed by atoms with Crippen LogP contribution < -0.4 is 5.56 Å². The first kappa shape index (κ1) is 20.0. The van der Waals surface area contributed by atoms with E-state index in [4.69, 9.17) is 4.43 Å². The van der Waals surface area contributed by atoms with Crippen molar-refractivity contribution in [2.24, 2.45) is 5.92 Å². The zero-order valence-corrected chi connectivity index (χ0v) is 17.7. The number of aryl methyl sites for hydroxylation is 1. The maximum Gasteiger partial charge on any atom is 0.274 e. The lowest BCUT2D eigenvalue weighted by atomic mass is 10.0. The van der Waals surface area contributed by atoms with Gasteiger partial charge in [-0.15, -0.1) is 0 Å². The highest BCUT2D eigenvalue weighted by molar-refractivity contribution is 6.74. The van der Waals surface area contributed by atoms with Crippen LogP contribution in [0.2, 0.25) is 18.1 Å². The molecule has 0 aliphatic rings. The van der Waals surface area contributed by atoms with Crippen LogP contribution in [0.1, 0.15) is 47.0 Å². The molecule has 0 saturated heterocycles. The van der Waals surface area contributed by atoms with Crippen molar-refractivity contribution in [3.63, 3.8) is 0 Å². The molecular weight excluding hydrogens is 328 g/mol. The highest BCUT2D eigenvalue weighted by Gasteiger charge is 2.37. The summed E-state index contributed by atoms with van der Waals surface area (Å²) in [6, 6.07) is 3.79. The third kappa shape index (κ3) is 4.85. The molecule has 0 amide bonds. The largest absolute Gasteiger partial charge is 0.417 e. The van der Waals surface area contributed by atoms with E-state index in [0.29, 0.717) is 5.92 Å². The van der Waals surface area contributed by atoms with E-state index in [9.17, 15) is 4.79 Å². The van der Waals surface area contributed by atoms with Crippen LogP contribution in [0, 0.1) is 5.92 Å². The van der Waals surface area contributed by atoms with Crippen LogP contribution in [0.4, 0.5) is 0 Å². The number of fused-ring (bicyclic) bond motifs is 1. The third-order valence-corrected chi connectivity index (χ3v) is 10.1. The third-order valence-electron chi connectivity index (χ3n) is 5.63. The minimum Gasteiger partial charge on any atom is -0.417 e. The van der Waals surface area contributed by atoms with Crippen molar-refractivity contribution in [1.29, 1.82) is 0 Å². The molecule has 2 rings (SSSR count). The van der Waals surface area contributed by atoms with Gasteiger partial charge in [0, 0.05) is 31.7 Å². The van der Waals surface area contributed by atoms with Crippen molar-refractivity contribution < 1.29 is 4.43 Å². The highest BCUT2D eigenvalue weighted by atomic mass is 28.4. The molecule has 0 aromatic carbocycles. The second kappa shape index (κ2) is 7.91. The first-order chi connectivity index (χ1) is 11.7. The maximum atomic E-state index is 12.5. The van der Waals surface area contributed by atoms with Crippen LogP contribution >= 0.6 is 0 Å². The SMILES string of the molecule is CCCC(CCn1ccn2cccc2c1=O)CO[Si](C)(C)C(C)(C)C. The molecule has 1 unspecified atom stereocenters. The summed E-state index contributed by atoms with van der Waals surface area (Å²) in [7, 11) is -1.71. The summed E-state index contributed by atoms with van der Waals surface area (Å²) >= 11 is 0. The van der Waals surface area contributed by atoms with E-state index in [1.54, 1.807) is 0 Å². The first-order valence-corrected chi connectivity index (χ1v) is 12.4. The van der Waals surface area contributed by atoms with Gasteiger partial charge in [0.25, 0.3) is 5.56 Å². The minimum atomic E-state index is -1.71. The maximum absolute atomic E-state index is 12.5. The summed E-state index contributed by atoms with van der Waals surface area (Å²) in [5.41, 5.74) is 0.833. The molecule has 140 valence electrons. The number of hydrogen-bond acceptors (Lipinski definition) is 2. The predicted molar refractivity (Wildman–Crippen MR) is 108 cm³/mol. The molecule has 25 heavy (non-hydrogen) atoms. The van der Waals surface area contributed by atoms with Crippen LogP contribution in [-0.4, -0.2) is 23.9 Å². The average molecular weight is 363 g/mol. The number of hydrogen-bond donors (Lipinski definition) is 0. The second-order valence-corrected chi connectivity index (χ2v) is 13.4. The number of aromatic nitrogens is 2. The zero-order valence-electron chi connectivity index (χ0n) is 16.7. The van der Waals surface area contributed by atoms with Crippen LogP contribution in [0.3, 0.4) is 0 Å². The Bertz CT molecular complexity index is 740. The Morgan fingerprint density at radius 3 is 2.52 bits per heavy atom. The van der Waals surface area contributed by atoms with Crippen molar-refractivity contribution in [2.75, 3.05) is 6.61 Å². The van der Waals surface area contributed by atoms with Crippen molar-refractivity contribution in [3.8, 4) is 0 Å². The van der Waals surface area contributed by atoms with Gasteiger partial charge < -0.3 is 13.4 Å². The van der Waals surface area contributed by atoms with Crippen molar-refractivity contribution in [2.45, 2.75) is 71.6 Å². The Labute approximate surface area is 153 Å². The Balaban J connectivity index is 2.01. The molecule has 5 heteroatoms. The van der Waals surface area contributed by atoms with E-state index in [1.165, 1.54) is 0 Å². The van der Waals surface area contributed by atoms with Gasteiger partial charge in [-0.3, -0.25) is 4.79 Å². The lowest BCUT2D eigenvalue weighted by Gasteiger charge is -2.37. The van der Waals surface area contributed by atoms with E-state index in [2.05, 4.69) is 40.8 Å². The van der Waals surface area contributed by atoms with Gasteiger partial charge in [-0.25, -0.2) is 0 Å². The monoisotopic (exact) mass is 362 g/mol. The van der Waals surface area contributed by atoms with E-state index in [1.807, 2.05) is 39.7 Å². The van der Waals surface area contributed by atoms with Gasteiger partial charge in [-0.05, 0) is 49.0 Å². The highest BCUT2D eigenvalue weighted by Crippen LogP contribution is 2.37. The lowest BCUT2D eigenvalue weighted by Crippen LogP contribution is -2.42. The van der Waals surface area contributed by atoms with Gasteiger partial charge in [0.1, 0.15) is 5.52 Å². The molecule has 0 aliphatic heterocycles. The van der Waals surface area contributed by atoms with E-state index in [-0.39, 0.29) is 10.6 Å². The fraction of sp³-hybridized carbons (Fsp3) is 0.650. The predicted octanol–water partition coefficient (Wildman–Crippen LogP) is 4.93. The first-order valence-electron chi connectivity index (χ1n) is 9.46. The molecule has 0 saturated carbocycles. The van der Waals surface area contributed by atoms with Crippen LogP contribution in [-0.2, 0) is 11.0 Å². The van der Waals surface area contributed by atoms with Crippen molar-refractivity contribution in [1.82, 2.24) is 8.97 Å². The minimum absolute atomic E-state index is 0.0908. The Hall–Kier alpha value is -1.33. The van der Waals surface area contributed by atoms with Gasteiger partial charge >= 0.3 is 0 Å². The summed E-state index contributed by atoms with van der Waals surface area (Å²) in [4.78, 5) is 12.5. The van der Waals surface area contributed by atoms with Gasteiger partial charge in [0.2, 0.25) is 0 Å². The normalized spacial score (nSPS) is 14.2. The molecule has 2 aromatic rings. The van der Waals surface area contributed by atoms with E-state index in [0.717, 1.165) is 37.9 Å². The summed E-state index contributed by atoms with van der Waals surface area (Å²) in [6.07, 6.45) is 9.05. The fourth-order valence-electron chi connectivity index (χ4n) is 2.83. The molecule has 0 N–H and O–H groups in total. The summed E-state index contributed by atoms with van der Waals surface area (Å²) in [5, 5.41) is 0.237. The number of nitrogens with zero attached hydrogens (tertiary/aromatic N) is 2. The quantitative estimate of drug-likeness (QED) is 0.624.